The van der Waals surface area contributed by atoms with Crippen molar-refractivity contribution in [2.24, 2.45) is 13.0 Å². The van der Waals surface area contributed by atoms with Crippen LogP contribution < -0.4 is 10.2 Å². The Labute approximate surface area is 170 Å². The number of amides is 1. The van der Waals surface area contributed by atoms with Gasteiger partial charge in [-0.1, -0.05) is 0 Å². The van der Waals surface area contributed by atoms with Crippen LogP contribution in [0.2, 0.25) is 0 Å². The van der Waals surface area contributed by atoms with Gasteiger partial charge in [-0.3, -0.25) is 14.3 Å². The summed E-state index contributed by atoms with van der Waals surface area (Å²) in [6, 6.07) is 6.14. The summed E-state index contributed by atoms with van der Waals surface area (Å²) in [4.78, 5) is 27.0. The maximum Gasteiger partial charge on any atom is 0.236 e. The first-order valence-electron chi connectivity index (χ1n) is 10.1. The monoisotopic (exact) mass is 400 g/mol. The number of hydrogen-bond acceptors (Lipinski definition) is 6. The fourth-order valence-corrected chi connectivity index (χ4v) is 4.57. The minimum Gasteiger partial charge on any atom is -0.371 e. The first kappa shape index (κ1) is 19.8. The highest BCUT2D eigenvalue weighted by molar-refractivity contribution is 6.10. The van der Waals surface area contributed by atoms with Crippen molar-refractivity contribution in [3.05, 3.63) is 23.9 Å². The van der Waals surface area contributed by atoms with Gasteiger partial charge in [0, 0.05) is 64.3 Å². The number of fused-ring (bicyclic) bond motifs is 1. The Hall–Kier alpha value is -2.45. The molecule has 1 aromatic carbocycles. The van der Waals surface area contributed by atoms with Gasteiger partial charge >= 0.3 is 0 Å². The fourth-order valence-electron chi connectivity index (χ4n) is 4.57. The van der Waals surface area contributed by atoms with E-state index in [4.69, 9.17) is 9.47 Å². The standard InChI is InChI=1S/C21H28N4O4/c1-24-16-12-14(25-10-7-13(8-11-25)21(28-2)29-3)4-5-15(16)19(23-24)18-17(26)6-9-22-20(18)27/h4-5,12-13,18,21H,6-11H2,1-3H3,(H,22,27). The molecule has 1 N–H and O–H groups in total. The fraction of sp³-hybridized carbons (Fsp3) is 0.571. The summed E-state index contributed by atoms with van der Waals surface area (Å²) in [5.74, 6) is -0.734. The number of hydrogen-bond donors (Lipinski definition) is 1. The number of nitrogens with zero attached hydrogens (tertiary/aromatic N) is 3. The van der Waals surface area contributed by atoms with E-state index in [1.807, 2.05) is 13.1 Å². The largest absolute Gasteiger partial charge is 0.371 e. The van der Waals surface area contributed by atoms with Crippen LogP contribution in [0.3, 0.4) is 0 Å². The van der Waals surface area contributed by atoms with Gasteiger partial charge in [0.15, 0.2) is 12.1 Å². The number of methoxy groups -OCH3 is 2. The van der Waals surface area contributed by atoms with E-state index in [9.17, 15) is 9.59 Å². The van der Waals surface area contributed by atoms with Gasteiger partial charge in [0.2, 0.25) is 5.91 Å². The molecule has 8 nitrogen and oxygen atoms in total. The van der Waals surface area contributed by atoms with Gasteiger partial charge in [-0.25, -0.2) is 0 Å². The number of anilines is 1. The molecule has 2 fully saturated rings. The van der Waals surface area contributed by atoms with Crippen molar-refractivity contribution in [3.8, 4) is 0 Å². The topological polar surface area (TPSA) is 85.7 Å². The maximum absolute atomic E-state index is 12.4. The van der Waals surface area contributed by atoms with Crippen LogP contribution in [0.25, 0.3) is 10.9 Å². The van der Waals surface area contributed by atoms with Gasteiger partial charge in [-0.15, -0.1) is 0 Å². The Balaban J connectivity index is 1.57. The number of aromatic nitrogens is 2. The molecule has 2 aliphatic rings. The third kappa shape index (κ3) is 3.62. The molecule has 0 radical (unpaired) electrons. The molecule has 1 unspecified atom stereocenters. The Morgan fingerprint density at radius 2 is 1.90 bits per heavy atom. The second-order valence-corrected chi connectivity index (χ2v) is 7.81. The molecule has 29 heavy (non-hydrogen) atoms. The SMILES string of the molecule is COC(OC)C1CCN(c2ccc3c(C4C(=O)CCNC4=O)nn(C)c3c2)CC1. The number of carbonyl (C=O) groups is 2. The van der Waals surface area contributed by atoms with E-state index in [2.05, 4.69) is 27.4 Å². The van der Waals surface area contributed by atoms with Crippen LogP contribution in [0.15, 0.2) is 18.2 Å². The molecule has 1 amide bonds. The van der Waals surface area contributed by atoms with Crippen LogP contribution in [-0.4, -0.2) is 61.6 Å². The zero-order valence-corrected chi connectivity index (χ0v) is 17.2. The number of ether oxygens (including phenoxy) is 2. The average molecular weight is 400 g/mol. The molecule has 4 rings (SSSR count). The van der Waals surface area contributed by atoms with E-state index in [-0.39, 0.29) is 18.0 Å². The van der Waals surface area contributed by atoms with Gasteiger partial charge in [0.1, 0.15) is 5.92 Å². The molecule has 0 saturated carbocycles. The predicted molar refractivity (Wildman–Crippen MR) is 109 cm³/mol. The van der Waals surface area contributed by atoms with E-state index in [0.29, 0.717) is 24.6 Å². The Kier molecular flexibility index (Phi) is 5.56. The summed E-state index contributed by atoms with van der Waals surface area (Å²) in [6.07, 6.45) is 2.19. The van der Waals surface area contributed by atoms with E-state index >= 15 is 0 Å². The lowest BCUT2D eigenvalue weighted by Gasteiger charge is -2.36. The molecule has 2 aliphatic heterocycles. The number of piperidine rings is 2. The van der Waals surface area contributed by atoms with Crippen molar-refractivity contribution in [2.75, 3.05) is 38.8 Å². The number of ketones is 1. The summed E-state index contributed by atoms with van der Waals surface area (Å²) >= 11 is 0. The van der Waals surface area contributed by atoms with Crippen molar-refractivity contribution < 1.29 is 19.1 Å². The molecule has 0 spiro atoms. The Bertz CT molecular complexity index is 897. The molecule has 2 aromatic rings. The lowest BCUT2D eigenvalue weighted by atomic mass is 9.91. The van der Waals surface area contributed by atoms with Gasteiger partial charge in [-0.2, -0.15) is 5.10 Å². The predicted octanol–water partition coefficient (Wildman–Crippen LogP) is 1.58. The first-order chi connectivity index (χ1) is 14.0. The van der Waals surface area contributed by atoms with E-state index in [1.165, 1.54) is 0 Å². The molecule has 0 bridgehead atoms. The van der Waals surface area contributed by atoms with Crippen molar-refractivity contribution in [3.63, 3.8) is 0 Å². The van der Waals surface area contributed by atoms with Crippen molar-refractivity contribution in [1.29, 1.82) is 0 Å². The van der Waals surface area contributed by atoms with E-state index in [1.54, 1.807) is 18.9 Å². The summed E-state index contributed by atoms with van der Waals surface area (Å²) in [5.41, 5.74) is 2.60. The quantitative estimate of drug-likeness (QED) is 0.606. The van der Waals surface area contributed by atoms with Crippen LogP contribution in [0.4, 0.5) is 5.69 Å². The minimum absolute atomic E-state index is 0.0641. The highest BCUT2D eigenvalue weighted by Gasteiger charge is 2.35. The molecular formula is C21H28N4O4. The zero-order valence-electron chi connectivity index (χ0n) is 17.2. The van der Waals surface area contributed by atoms with Gasteiger partial charge in [0.05, 0.1) is 11.2 Å². The molecule has 1 aromatic heterocycles. The van der Waals surface area contributed by atoms with E-state index < -0.39 is 5.92 Å². The van der Waals surface area contributed by atoms with Crippen molar-refractivity contribution >= 4 is 28.3 Å². The number of nitrogens with one attached hydrogen (secondary N) is 1. The molecular weight excluding hydrogens is 372 g/mol. The smallest absolute Gasteiger partial charge is 0.236 e. The molecule has 1 atom stereocenters. The van der Waals surface area contributed by atoms with Crippen LogP contribution in [0, 0.1) is 5.92 Å². The second-order valence-electron chi connectivity index (χ2n) is 7.81. The van der Waals surface area contributed by atoms with E-state index in [0.717, 1.165) is 42.5 Å². The molecule has 156 valence electrons. The third-order valence-electron chi connectivity index (χ3n) is 6.15. The summed E-state index contributed by atoms with van der Waals surface area (Å²) in [5, 5.41) is 8.19. The average Bonchev–Trinajstić information content (AvgIpc) is 3.05. The number of carbonyl (C=O) groups excluding carboxylic acids is 2. The first-order valence-corrected chi connectivity index (χ1v) is 10.1. The highest BCUT2D eigenvalue weighted by atomic mass is 16.7. The van der Waals surface area contributed by atoms with Gasteiger partial charge < -0.3 is 19.7 Å². The third-order valence-corrected chi connectivity index (χ3v) is 6.15. The molecule has 3 heterocycles. The number of Topliss-reactive ketones (excluding diaryl/α,β-unsaturated/α-hetero) is 1. The molecule has 2 saturated heterocycles. The zero-order chi connectivity index (χ0) is 20.5. The summed E-state index contributed by atoms with van der Waals surface area (Å²) in [7, 11) is 5.23. The number of benzene rings is 1. The van der Waals surface area contributed by atoms with Crippen molar-refractivity contribution in [1.82, 2.24) is 15.1 Å². The van der Waals surface area contributed by atoms with Crippen LogP contribution in [0.5, 0.6) is 0 Å². The lowest BCUT2D eigenvalue weighted by Crippen LogP contribution is -2.41. The second kappa shape index (κ2) is 8.12. The number of aryl methyl sites for hydroxylation is 1. The van der Waals surface area contributed by atoms with Crippen molar-refractivity contribution in [2.45, 2.75) is 31.5 Å². The summed E-state index contributed by atoms with van der Waals surface area (Å²) in [6.45, 7) is 2.26. The normalized spacial score (nSPS) is 21.2. The minimum atomic E-state index is -0.811. The van der Waals surface area contributed by atoms with Crippen LogP contribution >= 0.6 is 0 Å². The summed E-state index contributed by atoms with van der Waals surface area (Å²) < 4.78 is 12.6. The maximum atomic E-state index is 12.4. The Morgan fingerprint density at radius 1 is 1.17 bits per heavy atom. The number of rotatable bonds is 5. The molecule has 8 heteroatoms. The highest BCUT2D eigenvalue weighted by Crippen LogP contribution is 2.32. The molecule has 0 aliphatic carbocycles. The Morgan fingerprint density at radius 3 is 2.55 bits per heavy atom. The van der Waals surface area contributed by atoms with Gasteiger partial charge in [0.25, 0.3) is 0 Å². The van der Waals surface area contributed by atoms with Gasteiger partial charge in [-0.05, 0) is 31.0 Å². The van der Waals surface area contributed by atoms with Crippen LogP contribution in [-0.2, 0) is 26.1 Å². The lowest BCUT2D eigenvalue weighted by molar-refractivity contribution is -0.141. The van der Waals surface area contributed by atoms with Crippen LogP contribution in [0.1, 0.15) is 30.9 Å².